The second-order valence-electron chi connectivity index (χ2n) is 6.88. The fourth-order valence-electron chi connectivity index (χ4n) is 3.88. The first-order chi connectivity index (χ1) is 12.2. The van der Waals surface area contributed by atoms with Crippen molar-refractivity contribution in [1.29, 1.82) is 0 Å². The molecule has 2 aliphatic heterocycles. The molecule has 1 atom stereocenters. The van der Waals surface area contributed by atoms with Gasteiger partial charge in [-0.05, 0) is 30.0 Å². The first kappa shape index (κ1) is 15.9. The van der Waals surface area contributed by atoms with E-state index >= 15 is 0 Å². The third kappa shape index (κ3) is 3.16. The Morgan fingerprint density at radius 2 is 1.80 bits per heavy atom. The minimum Gasteiger partial charge on any atom is -0.338 e. The number of hydrogen-bond acceptors (Lipinski definition) is 2. The molecule has 0 aliphatic carbocycles. The van der Waals surface area contributed by atoms with Crippen LogP contribution in [0.1, 0.15) is 24.0 Å². The number of hydrogen-bond donors (Lipinski definition) is 0. The van der Waals surface area contributed by atoms with E-state index in [4.69, 9.17) is 0 Å². The van der Waals surface area contributed by atoms with Crippen LogP contribution >= 0.6 is 0 Å². The Hall–Kier alpha value is -2.62. The number of carbonyl (C=O) groups excluding carboxylic acids is 2. The minimum atomic E-state index is -0.234. The number of aryl methyl sites for hydroxylation is 1. The van der Waals surface area contributed by atoms with Crippen LogP contribution in [0.2, 0.25) is 0 Å². The van der Waals surface area contributed by atoms with Crippen LogP contribution in [-0.2, 0) is 22.6 Å². The van der Waals surface area contributed by atoms with Crippen molar-refractivity contribution in [3.05, 3.63) is 65.7 Å². The molecule has 1 fully saturated rings. The molecule has 4 rings (SSSR count). The molecule has 0 N–H and O–H groups in total. The van der Waals surface area contributed by atoms with Gasteiger partial charge in [0.1, 0.15) is 0 Å². The van der Waals surface area contributed by atoms with Crippen LogP contribution < -0.4 is 4.90 Å². The smallest absolute Gasteiger partial charge is 0.232 e. The predicted molar refractivity (Wildman–Crippen MR) is 97.1 cm³/mol. The average molecular weight is 334 g/mol. The summed E-state index contributed by atoms with van der Waals surface area (Å²) in [5.41, 5.74) is 3.35. The van der Waals surface area contributed by atoms with Crippen LogP contribution in [-0.4, -0.2) is 29.8 Å². The highest BCUT2D eigenvalue weighted by Crippen LogP contribution is 2.30. The summed E-state index contributed by atoms with van der Waals surface area (Å²) in [7, 11) is 0. The predicted octanol–water partition coefficient (Wildman–Crippen LogP) is 3.01. The van der Waals surface area contributed by atoms with Crippen molar-refractivity contribution >= 4 is 17.5 Å². The van der Waals surface area contributed by atoms with Crippen molar-refractivity contribution in [2.45, 2.75) is 25.8 Å². The quantitative estimate of drug-likeness (QED) is 0.866. The number of benzene rings is 2. The van der Waals surface area contributed by atoms with Gasteiger partial charge in [-0.25, -0.2) is 0 Å². The van der Waals surface area contributed by atoms with Crippen molar-refractivity contribution in [1.82, 2.24) is 4.90 Å². The largest absolute Gasteiger partial charge is 0.338 e. The van der Waals surface area contributed by atoms with Crippen LogP contribution in [0.15, 0.2) is 54.6 Å². The molecule has 2 amide bonds. The highest BCUT2D eigenvalue weighted by Gasteiger charge is 2.37. The lowest BCUT2D eigenvalue weighted by atomic mass is 9.99. The van der Waals surface area contributed by atoms with E-state index in [2.05, 4.69) is 6.07 Å². The van der Waals surface area contributed by atoms with E-state index in [1.54, 1.807) is 0 Å². The summed E-state index contributed by atoms with van der Waals surface area (Å²) in [6.07, 6.45) is 2.32. The number of para-hydroxylation sites is 1. The molecule has 0 spiro atoms. The van der Waals surface area contributed by atoms with Gasteiger partial charge in [0.15, 0.2) is 0 Å². The van der Waals surface area contributed by atoms with E-state index in [0.717, 1.165) is 30.6 Å². The third-order valence-corrected chi connectivity index (χ3v) is 5.16. The first-order valence-electron chi connectivity index (χ1n) is 8.93. The summed E-state index contributed by atoms with van der Waals surface area (Å²) in [5.74, 6) is -0.0640. The molecular weight excluding hydrogens is 312 g/mol. The van der Waals surface area contributed by atoms with Crippen molar-refractivity contribution < 1.29 is 9.59 Å². The van der Waals surface area contributed by atoms with Gasteiger partial charge in [0.25, 0.3) is 0 Å². The van der Waals surface area contributed by atoms with Gasteiger partial charge in [-0.2, -0.15) is 0 Å². The van der Waals surface area contributed by atoms with E-state index in [9.17, 15) is 9.59 Å². The third-order valence-electron chi connectivity index (χ3n) is 5.16. The SMILES string of the molecule is O=C1CC(C(=O)N2CCCc3ccccc32)CN1Cc1ccccc1. The summed E-state index contributed by atoms with van der Waals surface area (Å²) >= 11 is 0. The number of carbonyl (C=O) groups is 2. The molecule has 0 radical (unpaired) electrons. The molecule has 0 aromatic heterocycles. The number of likely N-dealkylation sites (tertiary alicyclic amines) is 1. The Bertz CT molecular complexity index is 787. The molecule has 0 saturated carbocycles. The second kappa shape index (κ2) is 6.71. The fraction of sp³-hybridized carbons (Fsp3) is 0.333. The zero-order chi connectivity index (χ0) is 17.2. The van der Waals surface area contributed by atoms with Crippen LogP contribution in [0.5, 0.6) is 0 Å². The minimum absolute atomic E-state index is 0.0764. The van der Waals surface area contributed by atoms with E-state index in [1.165, 1.54) is 5.56 Å². The van der Waals surface area contributed by atoms with Crippen LogP contribution in [0.25, 0.3) is 0 Å². The molecule has 1 saturated heterocycles. The molecular formula is C21H22N2O2. The molecule has 2 aromatic rings. The summed E-state index contributed by atoms with van der Waals surface area (Å²) < 4.78 is 0. The number of anilines is 1. The Labute approximate surface area is 148 Å². The lowest BCUT2D eigenvalue weighted by Gasteiger charge is -2.31. The van der Waals surface area contributed by atoms with Gasteiger partial charge in [-0.1, -0.05) is 48.5 Å². The molecule has 1 unspecified atom stereocenters. The maximum atomic E-state index is 13.1. The zero-order valence-corrected chi connectivity index (χ0v) is 14.2. The average Bonchev–Trinajstić information content (AvgIpc) is 3.02. The number of nitrogens with zero attached hydrogens (tertiary/aromatic N) is 2. The Balaban J connectivity index is 1.48. The summed E-state index contributed by atoms with van der Waals surface area (Å²) in [4.78, 5) is 29.1. The zero-order valence-electron chi connectivity index (χ0n) is 14.2. The molecule has 2 heterocycles. The summed E-state index contributed by atoms with van der Waals surface area (Å²) in [5, 5.41) is 0. The van der Waals surface area contributed by atoms with E-state index in [-0.39, 0.29) is 17.7 Å². The standard InChI is InChI=1S/C21H22N2O2/c24-20-13-18(15-22(20)14-16-7-2-1-3-8-16)21(25)23-12-6-10-17-9-4-5-11-19(17)23/h1-5,7-9,11,18H,6,10,12-15H2. The van der Waals surface area contributed by atoms with Crippen molar-refractivity contribution in [2.75, 3.05) is 18.0 Å². The normalized spacial score (nSPS) is 19.8. The van der Waals surface area contributed by atoms with Crippen LogP contribution in [0, 0.1) is 5.92 Å². The van der Waals surface area contributed by atoms with Crippen LogP contribution in [0.4, 0.5) is 5.69 Å². The molecule has 4 heteroatoms. The van der Waals surface area contributed by atoms with Gasteiger partial charge in [0.05, 0.1) is 5.92 Å². The first-order valence-corrected chi connectivity index (χ1v) is 8.93. The van der Waals surface area contributed by atoms with E-state index in [0.29, 0.717) is 19.5 Å². The fourth-order valence-corrected chi connectivity index (χ4v) is 3.88. The van der Waals surface area contributed by atoms with Crippen molar-refractivity contribution in [3.8, 4) is 0 Å². The maximum absolute atomic E-state index is 13.1. The van der Waals surface area contributed by atoms with Crippen LogP contribution in [0.3, 0.4) is 0 Å². The lowest BCUT2D eigenvalue weighted by molar-refractivity contribution is -0.128. The Kier molecular flexibility index (Phi) is 4.26. The molecule has 0 bridgehead atoms. The molecule has 2 aliphatic rings. The number of rotatable bonds is 3. The summed E-state index contributed by atoms with van der Waals surface area (Å²) in [6.45, 7) is 1.85. The second-order valence-corrected chi connectivity index (χ2v) is 6.88. The van der Waals surface area contributed by atoms with Gasteiger partial charge < -0.3 is 9.80 Å². The Morgan fingerprint density at radius 3 is 2.64 bits per heavy atom. The molecule has 4 nitrogen and oxygen atoms in total. The van der Waals surface area contributed by atoms with Crippen molar-refractivity contribution in [2.24, 2.45) is 5.92 Å². The van der Waals surface area contributed by atoms with Gasteiger partial charge in [-0.3, -0.25) is 9.59 Å². The van der Waals surface area contributed by atoms with Gasteiger partial charge >= 0.3 is 0 Å². The lowest BCUT2D eigenvalue weighted by Crippen LogP contribution is -2.40. The highest BCUT2D eigenvalue weighted by molar-refractivity contribution is 5.99. The van der Waals surface area contributed by atoms with Gasteiger partial charge in [0.2, 0.25) is 11.8 Å². The number of amides is 2. The summed E-state index contributed by atoms with van der Waals surface area (Å²) in [6, 6.07) is 18.1. The van der Waals surface area contributed by atoms with Crippen molar-refractivity contribution in [3.63, 3.8) is 0 Å². The van der Waals surface area contributed by atoms with E-state index < -0.39 is 0 Å². The highest BCUT2D eigenvalue weighted by atomic mass is 16.2. The topological polar surface area (TPSA) is 40.6 Å². The number of fused-ring (bicyclic) bond motifs is 1. The maximum Gasteiger partial charge on any atom is 0.232 e. The molecule has 25 heavy (non-hydrogen) atoms. The Morgan fingerprint density at radius 1 is 1.04 bits per heavy atom. The molecule has 128 valence electrons. The molecule has 2 aromatic carbocycles. The van der Waals surface area contributed by atoms with E-state index in [1.807, 2.05) is 58.3 Å². The van der Waals surface area contributed by atoms with Gasteiger partial charge in [-0.15, -0.1) is 0 Å². The van der Waals surface area contributed by atoms with Gasteiger partial charge in [0, 0.05) is 31.7 Å². The monoisotopic (exact) mass is 334 g/mol.